The highest BCUT2D eigenvalue weighted by Crippen LogP contribution is 2.39. The van der Waals surface area contributed by atoms with Crippen LogP contribution in [-0.4, -0.2) is 12.1 Å². The normalized spacial score (nSPS) is 15.9. The standard InChI is InChI=1S/C10H14N2O.2ClH/c1-13-8-4-5-12-9(6-8)10(11)7-2-3-7;;/h4-7,10H,2-3,11H2,1H3;2*1H/t10-;;/m0../s1. The average molecular weight is 251 g/mol. The fourth-order valence-electron chi connectivity index (χ4n) is 1.43. The number of hydrogen-bond donors (Lipinski definition) is 1. The first-order valence-electron chi connectivity index (χ1n) is 4.57. The highest BCUT2D eigenvalue weighted by molar-refractivity contribution is 5.85. The molecule has 5 heteroatoms. The largest absolute Gasteiger partial charge is 0.497 e. The van der Waals surface area contributed by atoms with Crippen LogP contribution in [0.1, 0.15) is 24.6 Å². The van der Waals surface area contributed by atoms with Crippen molar-refractivity contribution >= 4 is 24.8 Å². The molecular weight excluding hydrogens is 235 g/mol. The van der Waals surface area contributed by atoms with E-state index in [1.807, 2.05) is 12.1 Å². The van der Waals surface area contributed by atoms with Crippen LogP contribution >= 0.6 is 24.8 Å². The van der Waals surface area contributed by atoms with E-state index in [2.05, 4.69) is 4.98 Å². The second-order valence-corrected chi connectivity index (χ2v) is 3.48. The van der Waals surface area contributed by atoms with Crippen molar-refractivity contribution in [3.63, 3.8) is 0 Å². The number of hydrogen-bond acceptors (Lipinski definition) is 3. The van der Waals surface area contributed by atoms with Gasteiger partial charge >= 0.3 is 0 Å². The van der Waals surface area contributed by atoms with Crippen molar-refractivity contribution in [1.82, 2.24) is 4.98 Å². The van der Waals surface area contributed by atoms with Gasteiger partial charge in [-0.25, -0.2) is 0 Å². The summed E-state index contributed by atoms with van der Waals surface area (Å²) in [6.45, 7) is 0. The molecule has 1 aliphatic rings. The fourth-order valence-corrected chi connectivity index (χ4v) is 1.43. The first kappa shape index (κ1) is 14.5. The van der Waals surface area contributed by atoms with Crippen LogP contribution in [0, 0.1) is 5.92 Å². The lowest BCUT2D eigenvalue weighted by molar-refractivity contribution is 0.412. The average Bonchev–Trinajstić information content (AvgIpc) is 3.00. The molecule has 0 aliphatic heterocycles. The highest BCUT2D eigenvalue weighted by Gasteiger charge is 2.30. The van der Waals surface area contributed by atoms with Crippen molar-refractivity contribution in [2.75, 3.05) is 7.11 Å². The Kier molecular flexibility index (Phi) is 5.95. The highest BCUT2D eigenvalue weighted by atomic mass is 35.5. The van der Waals surface area contributed by atoms with Gasteiger partial charge in [0.1, 0.15) is 5.75 Å². The van der Waals surface area contributed by atoms with Crippen LogP contribution in [0.4, 0.5) is 0 Å². The van der Waals surface area contributed by atoms with E-state index in [1.165, 1.54) is 12.8 Å². The summed E-state index contributed by atoms with van der Waals surface area (Å²) in [6.07, 6.45) is 4.22. The van der Waals surface area contributed by atoms with E-state index in [0.717, 1.165) is 11.4 Å². The van der Waals surface area contributed by atoms with Gasteiger partial charge in [0.05, 0.1) is 12.8 Å². The molecule has 0 unspecified atom stereocenters. The lowest BCUT2D eigenvalue weighted by Gasteiger charge is -2.10. The van der Waals surface area contributed by atoms with E-state index in [4.69, 9.17) is 10.5 Å². The predicted molar refractivity (Wildman–Crippen MR) is 64.9 cm³/mol. The maximum atomic E-state index is 6.01. The second-order valence-electron chi connectivity index (χ2n) is 3.48. The first-order valence-corrected chi connectivity index (χ1v) is 4.57. The molecule has 2 N–H and O–H groups in total. The molecule has 1 saturated carbocycles. The third-order valence-electron chi connectivity index (χ3n) is 2.46. The molecule has 15 heavy (non-hydrogen) atoms. The molecule has 0 aromatic carbocycles. The van der Waals surface area contributed by atoms with Crippen molar-refractivity contribution in [2.45, 2.75) is 18.9 Å². The minimum Gasteiger partial charge on any atom is -0.497 e. The summed E-state index contributed by atoms with van der Waals surface area (Å²) < 4.78 is 5.11. The van der Waals surface area contributed by atoms with Gasteiger partial charge in [0.15, 0.2) is 0 Å². The third kappa shape index (κ3) is 3.52. The van der Waals surface area contributed by atoms with E-state index in [0.29, 0.717) is 5.92 Å². The van der Waals surface area contributed by atoms with E-state index in [1.54, 1.807) is 13.3 Å². The van der Waals surface area contributed by atoms with E-state index >= 15 is 0 Å². The zero-order valence-corrected chi connectivity index (χ0v) is 10.2. The van der Waals surface area contributed by atoms with Crippen LogP contribution in [-0.2, 0) is 0 Å². The van der Waals surface area contributed by atoms with E-state index in [9.17, 15) is 0 Å². The minimum atomic E-state index is 0. The molecule has 1 aromatic heterocycles. The number of methoxy groups -OCH3 is 1. The zero-order chi connectivity index (χ0) is 9.26. The molecule has 1 aromatic rings. The number of nitrogens with zero attached hydrogens (tertiary/aromatic N) is 1. The molecule has 0 spiro atoms. The second kappa shape index (κ2) is 6.16. The molecule has 0 radical (unpaired) electrons. The third-order valence-corrected chi connectivity index (χ3v) is 2.46. The lowest BCUT2D eigenvalue weighted by atomic mass is 10.1. The van der Waals surface area contributed by atoms with Crippen LogP contribution in [0.15, 0.2) is 18.3 Å². The maximum absolute atomic E-state index is 6.01. The van der Waals surface area contributed by atoms with Crippen LogP contribution in [0.2, 0.25) is 0 Å². The summed E-state index contributed by atoms with van der Waals surface area (Å²) in [6, 6.07) is 3.85. The number of rotatable bonds is 3. The summed E-state index contributed by atoms with van der Waals surface area (Å²) in [5, 5.41) is 0. The summed E-state index contributed by atoms with van der Waals surface area (Å²) in [5.74, 6) is 1.47. The lowest BCUT2D eigenvalue weighted by Crippen LogP contribution is -2.13. The molecule has 1 heterocycles. The van der Waals surface area contributed by atoms with Gasteiger partial charge in [0.2, 0.25) is 0 Å². The van der Waals surface area contributed by atoms with Crippen molar-refractivity contribution in [3.05, 3.63) is 24.0 Å². The Balaban J connectivity index is 0.000000980. The summed E-state index contributed by atoms with van der Waals surface area (Å²) >= 11 is 0. The zero-order valence-electron chi connectivity index (χ0n) is 8.55. The summed E-state index contributed by atoms with van der Waals surface area (Å²) in [7, 11) is 1.65. The van der Waals surface area contributed by atoms with E-state index < -0.39 is 0 Å². The van der Waals surface area contributed by atoms with Crippen molar-refractivity contribution in [2.24, 2.45) is 11.7 Å². The number of aromatic nitrogens is 1. The van der Waals surface area contributed by atoms with Crippen molar-refractivity contribution in [1.29, 1.82) is 0 Å². The quantitative estimate of drug-likeness (QED) is 0.896. The van der Waals surface area contributed by atoms with Gasteiger partial charge in [-0.3, -0.25) is 4.98 Å². The number of nitrogens with two attached hydrogens (primary N) is 1. The molecule has 1 fully saturated rings. The van der Waals surface area contributed by atoms with Gasteiger partial charge in [-0.2, -0.15) is 0 Å². The molecular formula is C10H16Cl2N2O. The SMILES string of the molecule is COc1ccnc([C@@H](N)C2CC2)c1.Cl.Cl. The number of ether oxygens (including phenoxy) is 1. The molecule has 0 saturated heterocycles. The van der Waals surface area contributed by atoms with Gasteiger partial charge in [-0.1, -0.05) is 0 Å². The molecule has 0 bridgehead atoms. The molecule has 0 amide bonds. The smallest absolute Gasteiger partial charge is 0.122 e. The molecule has 86 valence electrons. The van der Waals surface area contributed by atoms with Gasteiger partial charge in [-0.15, -0.1) is 24.8 Å². The van der Waals surface area contributed by atoms with Gasteiger partial charge < -0.3 is 10.5 Å². The number of halogens is 2. The Morgan fingerprint density at radius 1 is 1.47 bits per heavy atom. The van der Waals surface area contributed by atoms with Crippen LogP contribution in [0.3, 0.4) is 0 Å². The van der Waals surface area contributed by atoms with Crippen molar-refractivity contribution < 1.29 is 4.74 Å². The Labute approximate surface area is 102 Å². The summed E-state index contributed by atoms with van der Waals surface area (Å²) in [5.41, 5.74) is 6.95. The number of pyridine rings is 1. The first-order chi connectivity index (χ1) is 6.31. The van der Waals surface area contributed by atoms with Gasteiger partial charge in [0, 0.05) is 18.3 Å². The van der Waals surface area contributed by atoms with Crippen LogP contribution < -0.4 is 10.5 Å². The molecule has 1 atom stereocenters. The molecule has 1 aliphatic carbocycles. The van der Waals surface area contributed by atoms with Gasteiger partial charge in [-0.05, 0) is 24.8 Å². The Morgan fingerprint density at radius 3 is 2.67 bits per heavy atom. The van der Waals surface area contributed by atoms with Crippen LogP contribution in [0.5, 0.6) is 5.75 Å². The van der Waals surface area contributed by atoms with Crippen molar-refractivity contribution in [3.8, 4) is 5.75 Å². The van der Waals surface area contributed by atoms with E-state index in [-0.39, 0.29) is 30.9 Å². The van der Waals surface area contributed by atoms with Gasteiger partial charge in [0.25, 0.3) is 0 Å². The minimum absolute atomic E-state index is 0. The molecule has 2 rings (SSSR count). The topological polar surface area (TPSA) is 48.1 Å². The summed E-state index contributed by atoms with van der Waals surface area (Å²) in [4.78, 5) is 4.24. The Bertz CT molecular complexity index is 305. The predicted octanol–water partition coefficient (Wildman–Crippen LogP) is 2.34. The Hall–Kier alpha value is -0.510. The monoisotopic (exact) mass is 250 g/mol. The molecule has 3 nitrogen and oxygen atoms in total. The van der Waals surface area contributed by atoms with Crippen LogP contribution in [0.25, 0.3) is 0 Å². The maximum Gasteiger partial charge on any atom is 0.122 e. The Morgan fingerprint density at radius 2 is 2.13 bits per heavy atom. The fraction of sp³-hybridized carbons (Fsp3) is 0.500.